The molecule has 0 saturated carbocycles. The molecule has 2 unspecified atom stereocenters. The van der Waals surface area contributed by atoms with Crippen LogP contribution >= 0.6 is 11.8 Å². The summed E-state index contributed by atoms with van der Waals surface area (Å²) in [5.74, 6) is 0.764. The zero-order valence-corrected chi connectivity index (χ0v) is 14.7. The summed E-state index contributed by atoms with van der Waals surface area (Å²) >= 11 is 1.68. The van der Waals surface area contributed by atoms with Crippen molar-refractivity contribution in [3.05, 3.63) is 24.3 Å². The fourth-order valence-corrected chi connectivity index (χ4v) is 3.14. The molecule has 1 aliphatic heterocycles. The molecule has 2 rings (SSSR count). The summed E-state index contributed by atoms with van der Waals surface area (Å²) < 4.78 is 5.79. The van der Waals surface area contributed by atoms with Crippen molar-refractivity contribution >= 4 is 17.7 Å². The van der Waals surface area contributed by atoms with E-state index in [1.54, 1.807) is 11.8 Å². The zero-order valence-electron chi connectivity index (χ0n) is 13.8. The number of amides is 1. The van der Waals surface area contributed by atoms with Crippen molar-refractivity contribution in [1.82, 2.24) is 4.90 Å². The molecule has 1 saturated heterocycles. The molecule has 1 fully saturated rings. The first-order valence-corrected chi connectivity index (χ1v) is 8.91. The molecule has 4 nitrogen and oxygen atoms in total. The number of benzene rings is 1. The van der Waals surface area contributed by atoms with Crippen LogP contribution in [-0.2, 0) is 4.79 Å². The number of nitrogens with two attached hydrogens (primary N) is 1. The summed E-state index contributed by atoms with van der Waals surface area (Å²) in [5, 5.41) is 0. The van der Waals surface area contributed by atoms with Crippen LogP contribution in [0.3, 0.4) is 0 Å². The number of piperidine rings is 1. The lowest BCUT2D eigenvalue weighted by Crippen LogP contribution is -2.56. The van der Waals surface area contributed by atoms with Crippen LogP contribution < -0.4 is 10.5 Å². The van der Waals surface area contributed by atoms with Crippen LogP contribution in [0.2, 0.25) is 0 Å². The molecule has 0 spiro atoms. The Kier molecular flexibility index (Phi) is 5.40. The van der Waals surface area contributed by atoms with Crippen molar-refractivity contribution in [2.45, 2.75) is 44.2 Å². The molecule has 1 aromatic rings. The van der Waals surface area contributed by atoms with Gasteiger partial charge in [-0.3, -0.25) is 4.79 Å². The molecule has 0 aromatic heterocycles. The molecule has 1 amide bonds. The first kappa shape index (κ1) is 17.2. The van der Waals surface area contributed by atoms with E-state index in [0.717, 1.165) is 12.2 Å². The maximum atomic E-state index is 12.6. The van der Waals surface area contributed by atoms with Crippen LogP contribution in [0.15, 0.2) is 29.2 Å². The van der Waals surface area contributed by atoms with Crippen molar-refractivity contribution in [3.8, 4) is 5.75 Å². The minimum absolute atomic E-state index is 0.0360. The third-order valence-electron chi connectivity index (χ3n) is 4.34. The van der Waals surface area contributed by atoms with Gasteiger partial charge >= 0.3 is 0 Å². The molecule has 1 heterocycles. The summed E-state index contributed by atoms with van der Waals surface area (Å²) in [6, 6.07) is 7.96. The summed E-state index contributed by atoms with van der Waals surface area (Å²) in [6.07, 6.45) is 2.39. The zero-order chi connectivity index (χ0) is 16.3. The van der Waals surface area contributed by atoms with E-state index < -0.39 is 6.10 Å². The van der Waals surface area contributed by atoms with Crippen LogP contribution in [0.4, 0.5) is 0 Å². The standard InChI is InChI=1S/C17H26N2O2S/c1-12(21-13-5-7-14(22-4)8-6-13)16(20)19-10-9-15(18)17(2,3)11-19/h5-8,12,15H,9-11,18H2,1-4H3. The second-order valence-electron chi connectivity index (χ2n) is 6.58. The monoisotopic (exact) mass is 322 g/mol. The van der Waals surface area contributed by atoms with E-state index in [2.05, 4.69) is 13.8 Å². The quantitative estimate of drug-likeness (QED) is 0.866. The number of ether oxygens (including phenoxy) is 1. The Morgan fingerprint density at radius 1 is 1.41 bits per heavy atom. The number of carbonyl (C=O) groups excluding carboxylic acids is 1. The predicted molar refractivity (Wildman–Crippen MR) is 91.3 cm³/mol. The van der Waals surface area contributed by atoms with Crippen LogP contribution in [0.25, 0.3) is 0 Å². The third-order valence-corrected chi connectivity index (χ3v) is 5.09. The molecule has 5 heteroatoms. The summed E-state index contributed by atoms with van der Waals surface area (Å²) in [4.78, 5) is 15.6. The van der Waals surface area contributed by atoms with Gasteiger partial charge in [-0.1, -0.05) is 13.8 Å². The molecule has 122 valence electrons. The largest absolute Gasteiger partial charge is 0.481 e. The summed E-state index contributed by atoms with van der Waals surface area (Å²) in [7, 11) is 0. The Morgan fingerprint density at radius 2 is 2.05 bits per heavy atom. The fraction of sp³-hybridized carbons (Fsp3) is 0.588. The molecule has 2 N–H and O–H groups in total. The van der Waals surface area contributed by atoms with Gasteiger partial charge in [-0.15, -0.1) is 11.8 Å². The Balaban J connectivity index is 1.96. The Hall–Kier alpha value is -1.20. The number of hydrogen-bond donors (Lipinski definition) is 1. The predicted octanol–water partition coefficient (Wildman–Crippen LogP) is 2.76. The Labute approximate surface area is 137 Å². The van der Waals surface area contributed by atoms with E-state index in [1.807, 2.05) is 42.3 Å². The molecule has 1 aliphatic rings. The molecule has 2 atom stereocenters. The van der Waals surface area contributed by atoms with E-state index in [9.17, 15) is 4.79 Å². The van der Waals surface area contributed by atoms with Crippen molar-refractivity contribution < 1.29 is 9.53 Å². The lowest BCUT2D eigenvalue weighted by molar-refractivity contribution is -0.141. The van der Waals surface area contributed by atoms with E-state index in [0.29, 0.717) is 13.1 Å². The molecular weight excluding hydrogens is 296 g/mol. The van der Waals surface area contributed by atoms with Gasteiger partial charge in [-0.2, -0.15) is 0 Å². The van der Waals surface area contributed by atoms with Gasteiger partial charge in [-0.05, 0) is 49.3 Å². The maximum Gasteiger partial charge on any atom is 0.263 e. The maximum absolute atomic E-state index is 12.6. The third kappa shape index (κ3) is 3.96. The topological polar surface area (TPSA) is 55.6 Å². The van der Waals surface area contributed by atoms with Crippen molar-refractivity contribution in [1.29, 1.82) is 0 Å². The van der Waals surface area contributed by atoms with Gasteiger partial charge in [0, 0.05) is 24.0 Å². The number of hydrogen-bond acceptors (Lipinski definition) is 4. The fourth-order valence-electron chi connectivity index (χ4n) is 2.73. The lowest BCUT2D eigenvalue weighted by atomic mass is 9.79. The highest BCUT2D eigenvalue weighted by Crippen LogP contribution is 2.28. The second-order valence-corrected chi connectivity index (χ2v) is 7.46. The number of rotatable bonds is 4. The number of likely N-dealkylation sites (tertiary alicyclic amines) is 1. The van der Waals surface area contributed by atoms with Crippen LogP contribution in [0.5, 0.6) is 5.75 Å². The number of nitrogens with zero attached hydrogens (tertiary/aromatic N) is 1. The Bertz CT molecular complexity index is 516. The van der Waals surface area contributed by atoms with E-state index in [-0.39, 0.29) is 17.4 Å². The molecule has 0 radical (unpaired) electrons. The number of thioether (sulfide) groups is 1. The van der Waals surface area contributed by atoms with Crippen LogP contribution in [0.1, 0.15) is 27.2 Å². The van der Waals surface area contributed by atoms with Gasteiger partial charge in [0.15, 0.2) is 6.10 Å². The number of carbonyl (C=O) groups is 1. The first-order chi connectivity index (χ1) is 10.3. The highest BCUT2D eigenvalue weighted by molar-refractivity contribution is 7.98. The minimum atomic E-state index is -0.481. The first-order valence-electron chi connectivity index (χ1n) is 7.68. The molecule has 0 bridgehead atoms. The minimum Gasteiger partial charge on any atom is -0.481 e. The van der Waals surface area contributed by atoms with Crippen molar-refractivity contribution in [3.63, 3.8) is 0 Å². The lowest BCUT2D eigenvalue weighted by Gasteiger charge is -2.43. The molecular formula is C17H26N2O2S. The molecule has 0 aliphatic carbocycles. The summed E-state index contributed by atoms with van der Waals surface area (Å²) in [6.45, 7) is 7.44. The molecule has 1 aromatic carbocycles. The average Bonchev–Trinajstić information content (AvgIpc) is 2.50. The van der Waals surface area contributed by atoms with E-state index in [1.165, 1.54) is 4.90 Å². The normalized spacial score (nSPS) is 22.2. The smallest absolute Gasteiger partial charge is 0.263 e. The van der Waals surface area contributed by atoms with E-state index in [4.69, 9.17) is 10.5 Å². The van der Waals surface area contributed by atoms with Crippen molar-refractivity contribution in [2.75, 3.05) is 19.3 Å². The SMILES string of the molecule is CSc1ccc(OC(C)C(=O)N2CCC(N)C(C)(C)C2)cc1. The summed E-state index contributed by atoms with van der Waals surface area (Å²) in [5.41, 5.74) is 6.08. The highest BCUT2D eigenvalue weighted by Gasteiger charge is 2.36. The average molecular weight is 322 g/mol. The van der Waals surface area contributed by atoms with Gasteiger partial charge in [0.1, 0.15) is 5.75 Å². The van der Waals surface area contributed by atoms with Crippen molar-refractivity contribution in [2.24, 2.45) is 11.1 Å². The molecule has 22 heavy (non-hydrogen) atoms. The van der Waals surface area contributed by atoms with Gasteiger partial charge in [0.05, 0.1) is 0 Å². The highest BCUT2D eigenvalue weighted by atomic mass is 32.2. The Morgan fingerprint density at radius 3 is 2.59 bits per heavy atom. The second kappa shape index (κ2) is 6.92. The van der Waals surface area contributed by atoms with Crippen LogP contribution in [-0.4, -0.2) is 42.3 Å². The van der Waals surface area contributed by atoms with E-state index >= 15 is 0 Å². The van der Waals surface area contributed by atoms with Gasteiger partial charge in [0.25, 0.3) is 5.91 Å². The van der Waals surface area contributed by atoms with Crippen LogP contribution in [0, 0.1) is 5.41 Å². The van der Waals surface area contributed by atoms with Gasteiger partial charge < -0.3 is 15.4 Å². The van der Waals surface area contributed by atoms with Gasteiger partial charge in [-0.25, -0.2) is 0 Å². The van der Waals surface area contributed by atoms with Gasteiger partial charge in [0.2, 0.25) is 0 Å².